The molecule has 0 aromatic heterocycles. The minimum Gasteiger partial charge on any atom is -0.358 e. The summed E-state index contributed by atoms with van der Waals surface area (Å²) < 4.78 is 30.9. The molecule has 0 radical (unpaired) electrons. The molecule has 3 aliphatic heterocycles. The first-order valence-electron chi connectivity index (χ1n) is 8.94. The third kappa shape index (κ3) is 4.15. The van der Waals surface area contributed by atoms with Crippen molar-refractivity contribution in [2.24, 2.45) is 0 Å². The van der Waals surface area contributed by atoms with Gasteiger partial charge in [-0.25, -0.2) is 0 Å². The van der Waals surface area contributed by atoms with E-state index in [9.17, 15) is 0 Å². The van der Waals surface area contributed by atoms with Gasteiger partial charge in [0.15, 0.2) is 17.9 Å². The zero-order valence-corrected chi connectivity index (χ0v) is 17.4. The molecule has 3 heterocycles. The highest BCUT2D eigenvalue weighted by Gasteiger charge is 2.58. The summed E-state index contributed by atoms with van der Waals surface area (Å²) in [5, 5.41) is 0.00220. The van der Waals surface area contributed by atoms with Crippen LogP contribution in [0, 0.1) is 0 Å². The molecule has 3 saturated heterocycles. The highest BCUT2D eigenvalue weighted by Crippen LogP contribution is 2.45. The quantitative estimate of drug-likeness (QED) is 0.678. The topological polar surface area (TPSA) is 49.4 Å². The summed E-state index contributed by atoms with van der Waals surface area (Å²) in [6.07, 6.45) is -0.922. The SMILES string of the molecule is CCN(CC)C(=S)S[C@@H]1[C@H]2OC(C)(C)O[C@H]2O[C@@H]1[C@H]1COC(C)(C)O1. The summed E-state index contributed by atoms with van der Waals surface area (Å²) in [6, 6.07) is 0. The Morgan fingerprint density at radius 3 is 2.28 bits per heavy atom. The van der Waals surface area contributed by atoms with Crippen LogP contribution in [0.1, 0.15) is 41.5 Å². The van der Waals surface area contributed by atoms with Gasteiger partial charge in [0, 0.05) is 13.1 Å². The lowest BCUT2D eigenvalue weighted by molar-refractivity contribution is -0.219. The number of thiocarbonyl (C=S) groups is 1. The van der Waals surface area contributed by atoms with Gasteiger partial charge >= 0.3 is 0 Å². The van der Waals surface area contributed by atoms with Crippen LogP contribution in [0.5, 0.6) is 0 Å². The van der Waals surface area contributed by atoms with E-state index in [1.54, 1.807) is 11.8 Å². The minimum absolute atomic E-state index is 0.00220. The van der Waals surface area contributed by atoms with Crippen LogP contribution in [0.3, 0.4) is 0 Å². The Balaban J connectivity index is 1.77. The molecule has 3 rings (SSSR count). The number of nitrogens with zero attached hydrogens (tertiary/aromatic N) is 1. The Bertz CT molecular complexity index is 511. The fraction of sp³-hybridized carbons (Fsp3) is 0.941. The molecule has 8 heteroatoms. The van der Waals surface area contributed by atoms with Crippen molar-refractivity contribution in [2.75, 3.05) is 19.7 Å². The first kappa shape index (κ1) is 19.8. The third-order valence-corrected chi connectivity index (χ3v) is 6.50. The summed E-state index contributed by atoms with van der Waals surface area (Å²) in [5.74, 6) is -1.25. The van der Waals surface area contributed by atoms with E-state index in [0.29, 0.717) is 6.61 Å². The van der Waals surface area contributed by atoms with Gasteiger partial charge in [0.05, 0.1) is 11.9 Å². The maximum atomic E-state index is 6.21. The standard InChI is InChI=1S/C17H29NO5S2/c1-7-18(8-2)15(24)25-13-11(10-9-19-16(3,4)21-10)20-14-12(13)22-17(5,6)23-14/h10-14H,7-9H2,1-6H3/t10-,11-,12-,13+,14-/m1/s1. The molecule has 25 heavy (non-hydrogen) atoms. The highest BCUT2D eigenvalue weighted by molar-refractivity contribution is 8.23. The number of rotatable bonds is 4. The lowest BCUT2D eigenvalue weighted by Crippen LogP contribution is -2.42. The summed E-state index contributed by atoms with van der Waals surface area (Å²) >= 11 is 7.29. The second kappa shape index (κ2) is 7.22. The number of hydrogen-bond donors (Lipinski definition) is 0. The summed E-state index contributed by atoms with van der Waals surface area (Å²) in [4.78, 5) is 2.17. The Labute approximate surface area is 159 Å². The van der Waals surface area contributed by atoms with Crippen molar-refractivity contribution in [3.8, 4) is 0 Å². The van der Waals surface area contributed by atoms with Crippen LogP contribution in [-0.4, -0.2) is 70.3 Å². The van der Waals surface area contributed by atoms with Crippen molar-refractivity contribution in [2.45, 2.75) is 83.0 Å². The van der Waals surface area contributed by atoms with Crippen molar-refractivity contribution in [1.29, 1.82) is 0 Å². The van der Waals surface area contributed by atoms with Crippen molar-refractivity contribution in [3.63, 3.8) is 0 Å². The van der Waals surface area contributed by atoms with Crippen LogP contribution < -0.4 is 0 Å². The molecule has 3 fully saturated rings. The van der Waals surface area contributed by atoms with Crippen molar-refractivity contribution in [1.82, 2.24) is 4.90 Å². The molecule has 0 amide bonds. The second-order valence-corrected chi connectivity index (χ2v) is 9.27. The minimum atomic E-state index is -0.651. The molecule has 0 bridgehead atoms. The van der Waals surface area contributed by atoms with E-state index in [4.69, 9.17) is 35.9 Å². The molecule has 6 nitrogen and oxygen atoms in total. The summed E-state index contributed by atoms with van der Waals surface area (Å²) in [7, 11) is 0. The molecule has 0 aliphatic carbocycles. The number of thioether (sulfide) groups is 1. The predicted octanol–water partition coefficient (Wildman–Crippen LogP) is 2.74. The zero-order chi connectivity index (χ0) is 18.4. The molecule has 0 unspecified atom stereocenters. The molecule has 0 aromatic rings. The first-order valence-corrected chi connectivity index (χ1v) is 10.2. The molecular weight excluding hydrogens is 362 g/mol. The molecule has 0 saturated carbocycles. The maximum absolute atomic E-state index is 6.21. The molecule has 0 N–H and O–H groups in total. The Kier molecular flexibility index (Phi) is 5.72. The molecule has 5 atom stereocenters. The summed E-state index contributed by atoms with van der Waals surface area (Å²) in [6.45, 7) is 14.1. The lowest BCUT2D eigenvalue weighted by atomic mass is 10.1. The van der Waals surface area contributed by atoms with Crippen LogP contribution in [-0.2, 0) is 23.7 Å². The third-order valence-electron chi connectivity index (χ3n) is 4.68. The fourth-order valence-electron chi connectivity index (χ4n) is 3.49. The van der Waals surface area contributed by atoms with Gasteiger partial charge < -0.3 is 28.6 Å². The van der Waals surface area contributed by atoms with E-state index in [2.05, 4.69) is 18.7 Å². The van der Waals surface area contributed by atoms with Gasteiger partial charge in [-0.1, -0.05) is 24.0 Å². The van der Waals surface area contributed by atoms with Crippen molar-refractivity contribution in [3.05, 3.63) is 0 Å². The number of fused-ring (bicyclic) bond motifs is 1. The monoisotopic (exact) mass is 391 g/mol. The maximum Gasteiger partial charge on any atom is 0.188 e. The normalized spacial score (nSPS) is 38.7. The van der Waals surface area contributed by atoms with E-state index in [1.807, 2.05) is 27.7 Å². The van der Waals surface area contributed by atoms with Gasteiger partial charge in [0.2, 0.25) is 0 Å². The Morgan fingerprint density at radius 1 is 1.04 bits per heavy atom. The first-order chi connectivity index (χ1) is 11.7. The van der Waals surface area contributed by atoms with Crippen LogP contribution in [0.25, 0.3) is 0 Å². The highest BCUT2D eigenvalue weighted by atomic mass is 32.2. The largest absolute Gasteiger partial charge is 0.358 e. The smallest absolute Gasteiger partial charge is 0.188 e. The van der Waals surface area contributed by atoms with E-state index in [-0.39, 0.29) is 23.6 Å². The van der Waals surface area contributed by atoms with E-state index in [0.717, 1.165) is 17.4 Å². The van der Waals surface area contributed by atoms with Gasteiger partial charge in [-0.2, -0.15) is 0 Å². The Hall–Kier alpha value is 0.0400. The molecule has 0 spiro atoms. The average molecular weight is 392 g/mol. The molecular formula is C17H29NO5S2. The van der Waals surface area contributed by atoms with Crippen LogP contribution in [0.4, 0.5) is 0 Å². The molecule has 3 aliphatic rings. The van der Waals surface area contributed by atoms with Gasteiger partial charge in [0.1, 0.15) is 22.6 Å². The van der Waals surface area contributed by atoms with Crippen LogP contribution in [0.2, 0.25) is 0 Å². The fourth-order valence-corrected chi connectivity index (χ4v) is 5.41. The van der Waals surface area contributed by atoms with E-state index < -0.39 is 17.9 Å². The van der Waals surface area contributed by atoms with E-state index >= 15 is 0 Å². The average Bonchev–Trinajstić information content (AvgIpc) is 3.11. The molecule has 0 aromatic carbocycles. The zero-order valence-electron chi connectivity index (χ0n) is 15.8. The lowest BCUT2D eigenvalue weighted by Gasteiger charge is -2.30. The van der Waals surface area contributed by atoms with Gasteiger partial charge in [-0.15, -0.1) is 0 Å². The summed E-state index contributed by atoms with van der Waals surface area (Å²) in [5.41, 5.74) is 0. The number of ether oxygens (including phenoxy) is 5. The van der Waals surface area contributed by atoms with E-state index in [1.165, 1.54) is 0 Å². The predicted molar refractivity (Wildman–Crippen MR) is 101 cm³/mol. The second-order valence-electron chi connectivity index (χ2n) is 7.46. The van der Waals surface area contributed by atoms with Gasteiger partial charge in [0.25, 0.3) is 0 Å². The number of hydrogen-bond acceptors (Lipinski definition) is 7. The van der Waals surface area contributed by atoms with Crippen molar-refractivity contribution >= 4 is 28.3 Å². The van der Waals surface area contributed by atoms with Crippen molar-refractivity contribution < 1.29 is 23.7 Å². The van der Waals surface area contributed by atoms with Crippen LogP contribution >= 0.6 is 24.0 Å². The van der Waals surface area contributed by atoms with Gasteiger partial charge in [-0.3, -0.25) is 0 Å². The Morgan fingerprint density at radius 2 is 1.72 bits per heavy atom. The van der Waals surface area contributed by atoms with Gasteiger partial charge in [-0.05, 0) is 41.5 Å². The van der Waals surface area contributed by atoms with Crippen LogP contribution in [0.15, 0.2) is 0 Å². The molecule has 144 valence electrons.